The SMILES string of the molecule is OCc1cc(C(F)(F)F)c(Br)c(C(F)(F)F)c1. The summed E-state index contributed by atoms with van der Waals surface area (Å²) in [5, 5.41) is 8.66. The zero-order valence-electron chi connectivity index (χ0n) is 7.95. The number of aliphatic hydroxyl groups is 1. The summed E-state index contributed by atoms with van der Waals surface area (Å²) in [6.07, 6.45) is -9.85. The molecule has 96 valence electrons. The smallest absolute Gasteiger partial charge is 0.392 e. The Hall–Kier alpha value is -0.760. The van der Waals surface area contributed by atoms with E-state index in [0.717, 1.165) is 0 Å². The molecule has 0 saturated carbocycles. The molecule has 0 saturated heterocycles. The van der Waals surface area contributed by atoms with E-state index in [1.807, 2.05) is 0 Å². The van der Waals surface area contributed by atoms with Crippen molar-refractivity contribution in [2.24, 2.45) is 0 Å². The highest BCUT2D eigenvalue weighted by atomic mass is 79.9. The average Bonchev–Trinajstić information content (AvgIpc) is 2.14. The van der Waals surface area contributed by atoms with Gasteiger partial charge in [0.05, 0.1) is 17.7 Å². The summed E-state index contributed by atoms with van der Waals surface area (Å²) >= 11 is 2.29. The Morgan fingerprint density at radius 2 is 1.29 bits per heavy atom. The molecule has 0 heterocycles. The van der Waals surface area contributed by atoms with Crippen LogP contribution in [0.3, 0.4) is 0 Å². The van der Waals surface area contributed by atoms with E-state index >= 15 is 0 Å². The highest BCUT2D eigenvalue weighted by Crippen LogP contribution is 2.42. The van der Waals surface area contributed by atoms with Gasteiger partial charge in [-0.3, -0.25) is 0 Å². The zero-order chi connectivity index (χ0) is 13.4. The molecule has 8 heteroatoms. The molecule has 1 rings (SSSR count). The van der Waals surface area contributed by atoms with E-state index < -0.39 is 40.1 Å². The van der Waals surface area contributed by atoms with Gasteiger partial charge in [0.2, 0.25) is 0 Å². The molecular formula is C9H5BrF6O. The number of hydrogen-bond acceptors (Lipinski definition) is 1. The van der Waals surface area contributed by atoms with Gasteiger partial charge in [0, 0.05) is 4.47 Å². The van der Waals surface area contributed by atoms with Gasteiger partial charge >= 0.3 is 12.4 Å². The lowest BCUT2D eigenvalue weighted by atomic mass is 10.1. The topological polar surface area (TPSA) is 20.2 Å². The largest absolute Gasteiger partial charge is 0.417 e. The molecule has 0 aliphatic rings. The number of halogens is 7. The molecule has 0 unspecified atom stereocenters. The first-order valence-corrected chi connectivity index (χ1v) is 4.94. The molecule has 1 aromatic rings. The summed E-state index contributed by atoms with van der Waals surface area (Å²) in [5.74, 6) is 0. The maximum absolute atomic E-state index is 12.5. The Kier molecular flexibility index (Phi) is 3.78. The molecule has 1 N–H and O–H groups in total. The van der Waals surface area contributed by atoms with Crippen molar-refractivity contribution in [3.05, 3.63) is 33.3 Å². The van der Waals surface area contributed by atoms with Crippen LogP contribution < -0.4 is 0 Å². The molecule has 0 aliphatic heterocycles. The normalized spacial score (nSPS) is 12.9. The minimum Gasteiger partial charge on any atom is -0.392 e. The Labute approximate surface area is 100 Å². The molecular weight excluding hydrogens is 318 g/mol. The summed E-state index contributed by atoms with van der Waals surface area (Å²) in [5.41, 5.74) is -3.37. The van der Waals surface area contributed by atoms with Gasteiger partial charge in [-0.2, -0.15) is 26.3 Å². The van der Waals surface area contributed by atoms with E-state index in [9.17, 15) is 26.3 Å². The minimum absolute atomic E-state index is 0.451. The Bertz CT molecular complexity index is 387. The fraction of sp³-hybridized carbons (Fsp3) is 0.333. The lowest BCUT2D eigenvalue weighted by molar-refractivity contribution is -0.144. The van der Waals surface area contributed by atoms with Crippen molar-refractivity contribution >= 4 is 15.9 Å². The molecule has 0 atom stereocenters. The van der Waals surface area contributed by atoms with Crippen molar-refractivity contribution in [3.8, 4) is 0 Å². The molecule has 17 heavy (non-hydrogen) atoms. The minimum atomic E-state index is -4.93. The second-order valence-corrected chi connectivity index (χ2v) is 3.95. The maximum Gasteiger partial charge on any atom is 0.417 e. The summed E-state index contributed by atoms with van der Waals surface area (Å²) in [6, 6.07) is 0.943. The van der Waals surface area contributed by atoms with Gasteiger partial charge in [0.25, 0.3) is 0 Å². The molecule has 1 aromatic carbocycles. The molecule has 0 spiro atoms. The lowest BCUT2D eigenvalue weighted by Gasteiger charge is -2.16. The standard InChI is InChI=1S/C9H5BrF6O/c10-7-5(8(11,12)13)1-4(3-17)2-6(7)9(14,15)16/h1-2,17H,3H2. The van der Waals surface area contributed by atoms with E-state index in [4.69, 9.17) is 5.11 Å². The van der Waals surface area contributed by atoms with Crippen LogP contribution in [0.25, 0.3) is 0 Å². The summed E-state index contributed by atoms with van der Waals surface area (Å²) in [4.78, 5) is 0. The van der Waals surface area contributed by atoms with Crippen LogP contribution in [0.1, 0.15) is 16.7 Å². The van der Waals surface area contributed by atoms with Gasteiger partial charge in [0.15, 0.2) is 0 Å². The molecule has 0 amide bonds. The van der Waals surface area contributed by atoms with Crippen LogP contribution in [-0.4, -0.2) is 5.11 Å². The second-order valence-electron chi connectivity index (χ2n) is 3.16. The quantitative estimate of drug-likeness (QED) is 0.775. The Morgan fingerprint density at radius 1 is 0.941 bits per heavy atom. The van der Waals surface area contributed by atoms with Gasteiger partial charge in [-0.1, -0.05) is 0 Å². The first kappa shape index (κ1) is 14.3. The molecule has 0 aromatic heterocycles. The predicted molar refractivity (Wildman–Crippen MR) is 50.1 cm³/mol. The van der Waals surface area contributed by atoms with Crippen molar-refractivity contribution in [3.63, 3.8) is 0 Å². The van der Waals surface area contributed by atoms with Crippen molar-refractivity contribution in [2.45, 2.75) is 19.0 Å². The second kappa shape index (κ2) is 4.49. The third kappa shape index (κ3) is 3.12. The first-order valence-electron chi connectivity index (χ1n) is 4.15. The maximum atomic E-state index is 12.5. The number of alkyl halides is 6. The summed E-state index contributed by atoms with van der Waals surface area (Å²) in [6.45, 7) is -0.903. The monoisotopic (exact) mass is 322 g/mol. The van der Waals surface area contributed by atoms with E-state index in [2.05, 4.69) is 15.9 Å². The van der Waals surface area contributed by atoms with Gasteiger partial charge in [0.1, 0.15) is 0 Å². The third-order valence-corrected chi connectivity index (χ3v) is 2.78. The fourth-order valence-electron chi connectivity index (χ4n) is 1.19. The van der Waals surface area contributed by atoms with Crippen molar-refractivity contribution in [1.82, 2.24) is 0 Å². The first-order chi connectivity index (χ1) is 7.57. The predicted octanol–water partition coefficient (Wildman–Crippen LogP) is 3.98. The van der Waals surface area contributed by atoms with E-state index in [0.29, 0.717) is 12.1 Å². The van der Waals surface area contributed by atoms with Crippen molar-refractivity contribution in [1.29, 1.82) is 0 Å². The van der Waals surface area contributed by atoms with Crippen LogP contribution in [0, 0.1) is 0 Å². The van der Waals surface area contributed by atoms with Crippen molar-refractivity contribution < 1.29 is 31.4 Å². The summed E-state index contributed by atoms with van der Waals surface area (Å²) < 4.78 is 73.7. The fourth-order valence-corrected chi connectivity index (χ4v) is 1.87. The van der Waals surface area contributed by atoms with E-state index in [1.54, 1.807) is 0 Å². The van der Waals surface area contributed by atoms with Crippen LogP contribution in [0.2, 0.25) is 0 Å². The van der Waals surface area contributed by atoms with Gasteiger partial charge in [-0.15, -0.1) is 0 Å². The average molecular weight is 323 g/mol. The van der Waals surface area contributed by atoms with Crippen LogP contribution in [0.5, 0.6) is 0 Å². The highest BCUT2D eigenvalue weighted by molar-refractivity contribution is 9.10. The van der Waals surface area contributed by atoms with Crippen LogP contribution in [0.15, 0.2) is 16.6 Å². The van der Waals surface area contributed by atoms with Gasteiger partial charge in [-0.25, -0.2) is 0 Å². The molecule has 0 fully saturated rings. The van der Waals surface area contributed by atoms with Gasteiger partial charge < -0.3 is 5.11 Å². The summed E-state index contributed by atoms with van der Waals surface area (Å²) in [7, 11) is 0. The number of rotatable bonds is 1. The molecule has 0 bridgehead atoms. The number of hydrogen-bond donors (Lipinski definition) is 1. The Balaban J connectivity index is 3.53. The molecule has 0 radical (unpaired) electrons. The lowest BCUT2D eigenvalue weighted by Crippen LogP contribution is -2.14. The Morgan fingerprint density at radius 3 is 1.53 bits per heavy atom. The van der Waals surface area contributed by atoms with Crippen LogP contribution in [-0.2, 0) is 19.0 Å². The third-order valence-electron chi connectivity index (χ3n) is 1.93. The van der Waals surface area contributed by atoms with Crippen LogP contribution >= 0.6 is 15.9 Å². The molecule has 1 nitrogen and oxygen atoms in total. The number of benzene rings is 1. The van der Waals surface area contributed by atoms with E-state index in [1.165, 1.54) is 0 Å². The van der Waals surface area contributed by atoms with Gasteiger partial charge in [-0.05, 0) is 33.6 Å². The zero-order valence-corrected chi connectivity index (χ0v) is 9.54. The van der Waals surface area contributed by atoms with E-state index in [-0.39, 0.29) is 0 Å². The molecule has 0 aliphatic carbocycles. The van der Waals surface area contributed by atoms with Crippen LogP contribution in [0.4, 0.5) is 26.3 Å². The number of aliphatic hydroxyl groups excluding tert-OH is 1. The van der Waals surface area contributed by atoms with Crippen molar-refractivity contribution in [2.75, 3.05) is 0 Å². The highest BCUT2D eigenvalue weighted by Gasteiger charge is 2.40.